The van der Waals surface area contributed by atoms with Crippen LogP contribution in [0.1, 0.15) is 43.7 Å². The molecule has 2 aliphatic heterocycles. The number of aryl methyl sites for hydroxylation is 1. The monoisotopic (exact) mass is 374 g/mol. The number of ketones is 2. The highest BCUT2D eigenvalue weighted by molar-refractivity contribution is 7.19. The van der Waals surface area contributed by atoms with E-state index in [4.69, 9.17) is 16.3 Å². The van der Waals surface area contributed by atoms with Crippen molar-refractivity contribution in [2.24, 2.45) is 0 Å². The van der Waals surface area contributed by atoms with Crippen molar-refractivity contribution in [1.29, 1.82) is 0 Å². The molecule has 25 heavy (non-hydrogen) atoms. The number of carbonyl (C=O) groups excluding carboxylic acids is 2. The summed E-state index contributed by atoms with van der Waals surface area (Å²) in [4.78, 5) is 26.9. The van der Waals surface area contributed by atoms with Crippen LogP contribution in [0.3, 0.4) is 0 Å². The number of hydrogen-bond donors (Lipinski definition) is 0. The van der Waals surface area contributed by atoms with E-state index in [-0.39, 0.29) is 11.6 Å². The lowest BCUT2D eigenvalue weighted by Gasteiger charge is -2.33. The third-order valence-electron chi connectivity index (χ3n) is 5.36. The molecular formula is C20H19ClO3S. The maximum atomic E-state index is 13.0. The average molecular weight is 375 g/mol. The van der Waals surface area contributed by atoms with E-state index < -0.39 is 17.6 Å². The number of Topliss-reactive ketones (excluding diaryl/α,β-unsaturated/α-hetero) is 2. The fourth-order valence-electron chi connectivity index (χ4n) is 3.95. The van der Waals surface area contributed by atoms with E-state index in [0.29, 0.717) is 12.8 Å². The van der Waals surface area contributed by atoms with Gasteiger partial charge < -0.3 is 4.74 Å². The Morgan fingerprint density at radius 1 is 1.28 bits per heavy atom. The van der Waals surface area contributed by atoms with Gasteiger partial charge in [-0.2, -0.15) is 0 Å². The summed E-state index contributed by atoms with van der Waals surface area (Å²) >= 11 is 7.57. The Morgan fingerprint density at radius 2 is 2.08 bits per heavy atom. The Morgan fingerprint density at radius 3 is 2.76 bits per heavy atom. The van der Waals surface area contributed by atoms with Gasteiger partial charge in [0.1, 0.15) is 17.6 Å². The molecule has 2 saturated heterocycles. The molecule has 0 radical (unpaired) electrons. The van der Waals surface area contributed by atoms with Crippen LogP contribution in [0.5, 0.6) is 0 Å². The van der Waals surface area contributed by atoms with Crippen LogP contribution in [0.25, 0.3) is 10.4 Å². The lowest BCUT2D eigenvalue weighted by atomic mass is 9.79. The minimum Gasteiger partial charge on any atom is -0.356 e. The van der Waals surface area contributed by atoms with Gasteiger partial charge in [-0.05, 0) is 55.0 Å². The first-order chi connectivity index (χ1) is 11.9. The lowest BCUT2D eigenvalue weighted by molar-refractivity contribution is -0.160. The summed E-state index contributed by atoms with van der Waals surface area (Å²) in [5, 5.41) is 0. The Kier molecular flexibility index (Phi) is 4.10. The number of hydrogen-bond acceptors (Lipinski definition) is 4. The van der Waals surface area contributed by atoms with Gasteiger partial charge in [-0.3, -0.25) is 9.59 Å². The van der Waals surface area contributed by atoms with Gasteiger partial charge in [0.15, 0.2) is 11.6 Å². The van der Waals surface area contributed by atoms with Gasteiger partial charge in [0.25, 0.3) is 0 Å². The maximum Gasteiger partial charge on any atom is 0.179 e. The van der Waals surface area contributed by atoms with Crippen LogP contribution in [0.4, 0.5) is 0 Å². The van der Waals surface area contributed by atoms with Crippen molar-refractivity contribution in [3.05, 3.63) is 45.8 Å². The number of thiophene rings is 1. The zero-order valence-corrected chi connectivity index (χ0v) is 15.7. The minimum atomic E-state index is -0.811. The number of benzene rings is 1. The van der Waals surface area contributed by atoms with Gasteiger partial charge in [0.2, 0.25) is 0 Å². The molecule has 4 rings (SSSR count). The molecule has 3 atom stereocenters. The van der Waals surface area contributed by atoms with Crippen molar-refractivity contribution in [2.45, 2.75) is 50.7 Å². The van der Waals surface area contributed by atoms with Gasteiger partial charge in [-0.1, -0.05) is 36.7 Å². The van der Waals surface area contributed by atoms with E-state index in [2.05, 4.69) is 13.0 Å². The molecule has 0 N–H and O–H groups in total. The average Bonchev–Trinajstić information content (AvgIpc) is 3.19. The van der Waals surface area contributed by atoms with E-state index in [0.717, 1.165) is 32.3 Å². The Labute approximate surface area is 156 Å². The van der Waals surface area contributed by atoms with Crippen LogP contribution < -0.4 is 0 Å². The van der Waals surface area contributed by atoms with Crippen molar-refractivity contribution in [1.82, 2.24) is 0 Å². The molecule has 0 aliphatic carbocycles. The second-order valence-electron chi connectivity index (χ2n) is 6.95. The summed E-state index contributed by atoms with van der Waals surface area (Å²) < 4.78 is 6.46. The van der Waals surface area contributed by atoms with Crippen LogP contribution >= 0.6 is 22.9 Å². The molecule has 1 aromatic heterocycles. The molecule has 2 aromatic rings. The first-order valence-corrected chi connectivity index (χ1v) is 9.77. The lowest BCUT2D eigenvalue weighted by Crippen LogP contribution is -2.49. The quantitative estimate of drug-likeness (QED) is 0.724. The number of carbonyl (C=O) groups is 2. The molecule has 2 aliphatic rings. The van der Waals surface area contributed by atoms with Crippen molar-refractivity contribution in [3.8, 4) is 10.4 Å². The standard InChI is InChI=1S/C20H19ClO3S/c1-3-11-10-12(15-6-7-16(21)25-15)4-5-13(11)17-18(22)14-8-9-20(2,24-14)19(17)23/h4-7,10,14,17H,3,8-9H2,1-2H3/t14-,17?,20+/m0/s1. The topological polar surface area (TPSA) is 43.4 Å². The Hall–Kier alpha value is -1.49. The summed E-state index contributed by atoms with van der Waals surface area (Å²) in [6, 6.07) is 9.88. The van der Waals surface area contributed by atoms with E-state index in [1.807, 2.05) is 31.2 Å². The number of fused-ring (bicyclic) bond motifs is 2. The summed E-state index contributed by atoms with van der Waals surface area (Å²) in [7, 11) is 0. The summed E-state index contributed by atoms with van der Waals surface area (Å²) in [6.45, 7) is 3.87. The zero-order valence-electron chi connectivity index (χ0n) is 14.2. The summed E-state index contributed by atoms with van der Waals surface area (Å²) in [5.41, 5.74) is 2.14. The van der Waals surface area contributed by atoms with Crippen molar-refractivity contribution in [3.63, 3.8) is 0 Å². The molecule has 2 fully saturated rings. The zero-order chi connectivity index (χ0) is 17.8. The fraction of sp³-hybridized carbons (Fsp3) is 0.400. The molecule has 130 valence electrons. The smallest absolute Gasteiger partial charge is 0.179 e. The van der Waals surface area contributed by atoms with Crippen molar-refractivity contribution < 1.29 is 14.3 Å². The summed E-state index contributed by atoms with van der Waals surface area (Å²) in [5.74, 6) is -0.864. The van der Waals surface area contributed by atoms with Gasteiger partial charge >= 0.3 is 0 Å². The first kappa shape index (κ1) is 17.0. The highest BCUT2D eigenvalue weighted by Crippen LogP contribution is 2.44. The van der Waals surface area contributed by atoms with E-state index in [1.165, 1.54) is 11.3 Å². The second kappa shape index (κ2) is 6.04. The molecule has 1 aromatic carbocycles. The van der Waals surface area contributed by atoms with Gasteiger partial charge in [-0.15, -0.1) is 11.3 Å². The van der Waals surface area contributed by atoms with Crippen LogP contribution in [0, 0.1) is 0 Å². The first-order valence-electron chi connectivity index (χ1n) is 8.57. The van der Waals surface area contributed by atoms with Crippen LogP contribution in [0.15, 0.2) is 30.3 Å². The molecule has 0 amide bonds. The fourth-order valence-corrected chi connectivity index (χ4v) is 4.99. The van der Waals surface area contributed by atoms with E-state index >= 15 is 0 Å². The van der Waals surface area contributed by atoms with Gasteiger partial charge in [-0.25, -0.2) is 0 Å². The van der Waals surface area contributed by atoms with Crippen LogP contribution in [-0.4, -0.2) is 23.3 Å². The maximum absolute atomic E-state index is 13.0. The van der Waals surface area contributed by atoms with Crippen LogP contribution in [0.2, 0.25) is 4.34 Å². The molecule has 5 heteroatoms. The third-order valence-corrected chi connectivity index (χ3v) is 6.64. The third kappa shape index (κ3) is 2.67. The molecule has 0 spiro atoms. The minimum absolute atomic E-state index is 0.0819. The normalized spacial score (nSPS) is 28.6. The molecule has 3 nitrogen and oxygen atoms in total. The SMILES string of the molecule is CCc1cc(-c2ccc(Cl)s2)ccc1C1C(=O)[C@@H]2CC[C@@](C)(O2)C1=O. The molecule has 0 saturated carbocycles. The number of ether oxygens (including phenoxy) is 1. The Balaban J connectivity index is 1.77. The highest BCUT2D eigenvalue weighted by Gasteiger charge is 2.55. The Bertz CT molecular complexity index is 872. The highest BCUT2D eigenvalue weighted by atomic mass is 35.5. The predicted molar refractivity (Wildman–Crippen MR) is 99.4 cm³/mol. The van der Waals surface area contributed by atoms with Crippen LogP contribution in [-0.2, 0) is 20.7 Å². The molecule has 2 bridgehead atoms. The second-order valence-corrected chi connectivity index (χ2v) is 8.66. The number of halogens is 1. The predicted octanol–water partition coefficient (Wildman–Crippen LogP) is 4.80. The van der Waals surface area contributed by atoms with Crippen molar-refractivity contribution >= 4 is 34.5 Å². The molecule has 3 heterocycles. The van der Waals surface area contributed by atoms with Gasteiger partial charge in [0.05, 0.1) is 4.34 Å². The number of rotatable bonds is 3. The summed E-state index contributed by atoms with van der Waals surface area (Å²) in [6.07, 6.45) is 1.60. The largest absolute Gasteiger partial charge is 0.356 e. The van der Waals surface area contributed by atoms with Crippen molar-refractivity contribution in [2.75, 3.05) is 0 Å². The molecule has 1 unspecified atom stereocenters. The van der Waals surface area contributed by atoms with E-state index in [9.17, 15) is 9.59 Å². The molecular weight excluding hydrogens is 356 g/mol. The van der Waals surface area contributed by atoms with Gasteiger partial charge in [0, 0.05) is 4.88 Å². The van der Waals surface area contributed by atoms with E-state index in [1.54, 1.807) is 0 Å².